The number of nitrogens with one attached hydrogen (secondary N) is 1. The lowest BCUT2D eigenvalue weighted by Crippen LogP contribution is -2.18. The monoisotopic (exact) mass is 259 g/mol. The standard InChI is InChI=1S/C15H21N3O/c1-9-5-10(2)15(13(6-9)19-4)12-8-17-14(18-12)7-11(3)16/h5-6,8,11H,7,16H2,1-4H3,(H,17,18). The molecule has 1 aromatic heterocycles. The average Bonchev–Trinajstić information content (AvgIpc) is 2.74. The molecule has 0 spiro atoms. The summed E-state index contributed by atoms with van der Waals surface area (Å²) in [6.07, 6.45) is 2.59. The zero-order valence-corrected chi connectivity index (χ0v) is 11.9. The molecule has 0 fully saturated rings. The highest BCUT2D eigenvalue weighted by Gasteiger charge is 2.13. The Kier molecular flexibility index (Phi) is 3.90. The number of methoxy groups -OCH3 is 1. The van der Waals surface area contributed by atoms with E-state index in [1.165, 1.54) is 11.1 Å². The summed E-state index contributed by atoms with van der Waals surface area (Å²) in [4.78, 5) is 7.71. The van der Waals surface area contributed by atoms with E-state index in [1.54, 1.807) is 7.11 Å². The van der Waals surface area contributed by atoms with Crippen LogP contribution in [0.2, 0.25) is 0 Å². The summed E-state index contributed by atoms with van der Waals surface area (Å²) >= 11 is 0. The number of H-pyrrole nitrogens is 1. The predicted octanol–water partition coefficient (Wildman–Crippen LogP) is 2.59. The topological polar surface area (TPSA) is 63.9 Å². The number of aromatic amines is 1. The maximum Gasteiger partial charge on any atom is 0.128 e. The van der Waals surface area contributed by atoms with Crippen LogP contribution in [0.5, 0.6) is 5.75 Å². The number of aryl methyl sites for hydroxylation is 2. The van der Waals surface area contributed by atoms with Crippen LogP contribution < -0.4 is 10.5 Å². The fourth-order valence-electron chi connectivity index (χ4n) is 2.33. The number of ether oxygens (including phenoxy) is 1. The smallest absolute Gasteiger partial charge is 0.128 e. The molecule has 1 atom stereocenters. The van der Waals surface area contributed by atoms with E-state index in [-0.39, 0.29) is 6.04 Å². The summed E-state index contributed by atoms with van der Waals surface area (Å²) < 4.78 is 5.48. The summed E-state index contributed by atoms with van der Waals surface area (Å²) in [6.45, 7) is 6.12. The molecule has 0 aliphatic heterocycles. The normalized spacial score (nSPS) is 12.5. The van der Waals surface area contributed by atoms with Crippen molar-refractivity contribution in [3.05, 3.63) is 35.3 Å². The quantitative estimate of drug-likeness (QED) is 0.887. The second-order valence-electron chi connectivity index (χ2n) is 5.08. The highest BCUT2D eigenvalue weighted by atomic mass is 16.5. The minimum atomic E-state index is 0.0972. The van der Waals surface area contributed by atoms with Crippen molar-refractivity contribution in [1.29, 1.82) is 0 Å². The third-order valence-electron chi connectivity index (χ3n) is 3.08. The van der Waals surface area contributed by atoms with Gasteiger partial charge in [-0.25, -0.2) is 4.98 Å². The lowest BCUT2D eigenvalue weighted by atomic mass is 10.0. The molecule has 102 valence electrons. The van der Waals surface area contributed by atoms with Crippen LogP contribution >= 0.6 is 0 Å². The first-order valence-corrected chi connectivity index (χ1v) is 6.46. The van der Waals surface area contributed by atoms with E-state index in [0.717, 1.165) is 29.3 Å². The second kappa shape index (κ2) is 5.45. The lowest BCUT2D eigenvalue weighted by molar-refractivity contribution is 0.415. The van der Waals surface area contributed by atoms with Gasteiger partial charge in [-0.15, -0.1) is 0 Å². The number of nitrogens with zero attached hydrogens (tertiary/aromatic N) is 1. The number of imidazole rings is 1. The maximum atomic E-state index is 5.79. The van der Waals surface area contributed by atoms with Gasteiger partial charge in [-0.1, -0.05) is 6.07 Å². The van der Waals surface area contributed by atoms with Crippen molar-refractivity contribution >= 4 is 0 Å². The molecule has 3 N–H and O–H groups in total. The summed E-state index contributed by atoms with van der Waals surface area (Å²) in [5.41, 5.74) is 10.2. The van der Waals surface area contributed by atoms with Gasteiger partial charge in [0.25, 0.3) is 0 Å². The van der Waals surface area contributed by atoms with Crippen molar-refractivity contribution in [2.75, 3.05) is 7.11 Å². The van der Waals surface area contributed by atoms with Gasteiger partial charge in [0, 0.05) is 18.0 Å². The minimum Gasteiger partial charge on any atom is -0.496 e. The summed E-state index contributed by atoms with van der Waals surface area (Å²) in [5.74, 6) is 1.78. The molecular formula is C15H21N3O. The lowest BCUT2D eigenvalue weighted by Gasteiger charge is -2.11. The maximum absolute atomic E-state index is 5.79. The van der Waals surface area contributed by atoms with Gasteiger partial charge in [0.1, 0.15) is 11.6 Å². The summed E-state index contributed by atoms with van der Waals surface area (Å²) in [5, 5.41) is 0. The van der Waals surface area contributed by atoms with E-state index < -0.39 is 0 Å². The molecule has 0 saturated heterocycles. The molecule has 2 aromatic rings. The van der Waals surface area contributed by atoms with Gasteiger partial charge in [-0.3, -0.25) is 0 Å². The number of benzene rings is 1. The van der Waals surface area contributed by atoms with E-state index >= 15 is 0 Å². The Morgan fingerprint density at radius 1 is 1.37 bits per heavy atom. The number of nitrogens with two attached hydrogens (primary N) is 1. The van der Waals surface area contributed by atoms with Gasteiger partial charge in [-0.05, 0) is 38.0 Å². The van der Waals surface area contributed by atoms with E-state index in [2.05, 4.69) is 29.9 Å². The highest BCUT2D eigenvalue weighted by Crippen LogP contribution is 2.33. The Hall–Kier alpha value is -1.81. The molecule has 2 rings (SSSR count). The van der Waals surface area contributed by atoms with Gasteiger partial charge in [0.05, 0.1) is 19.0 Å². The molecule has 0 saturated carbocycles. The van der Waals surface area contributed by atoms with Crippen LogP contribution in [0.25, 0.3) is 11.3 Å². The Morgan fingerprint density at radius 3 is 2.74 bits per heavy atom. The van der Waals surface area contributed by atoms with Crippen LogP contribution in [0.4, 0.5) is 0 Å². The third kappa shape index (κ3) is 2.96. The minimum absolute atomic E-state index is 0.0972. The van der Waals surface area contributed by atoms with E-state index in [4.69, 9.17) is 10.5 Å². The Labute approximate surface area is 114 Å². The summed E-state index contributed by atoms with van der Waals surface area (Å²) in [7, 11) is 1.69. The van der Waals surface area contributed by atoms with Gasteiger partial charge in [0.2, 0.25) is 0 Å². The molecule has 0 amide bonds. The van der Waals surface area contributed by atoms with E-state index in [0.29, 0.717) is 0 Å². The molecular weight excluding hydrogens is 238 g/mol. The van der Waals surface area contributed by atoms with Gasteiger partial charge >= 0.3 is 0 Å². The van der Waals surface area contributed by atoms with Crippen molar-refractivity contribution in [3.63, 3.8) is 0 Å². The number of hydrogen-bond acceptors (Lipinski definition) is 3. The van der Waals surface area contributed by atoms with Gasteiger partial charge in [-0.2, -0.15) is 0 Å². The average molecular weight is 259 g/mol. The molecule has 0 bridgehead atoms. The Balaban J connectivity index is 2.44. The number of hydrogen-bond donors (Lipinski definition) is 2. The number of aromatic nitrogens is 2. The largest absolute Gasteiger partial charge is 0.496 e. The van der Waals surface area contributed by atoms with Crippen LogP contribution in [0.15, 0.2) is 18.3 Å². The van der Waals surface area contributed by atoms with Crippen molar-refractivity contribution in [3.8, 4) is 17.0 Å². The van der Waals surface area contributed by atoms with Crippen LogP contribution in [0.3, 0.4) is 0 Å². The van der Waals surface area contributed by atoms with E-state index in [9.17, 15) is 0 Å². The van der Waals surface area contributed by atoms with Crippen molar-refractivity contribution in [1.82, 2.24) is 9.97 Å². The van der Waals surface area contributed by atoms with Crippen LogP contribution in [0, 0.1) is 13.8 Å². The molecule has 1 heterocycles. The zero-order chi connectivity index (χ0) is 14.0. The van der Waals surface area contributed by atoms with Crippen LogP contribution in [-0.4, -0.2) is 23.1 Å². The van der Waals surface area contributed by atoms with Crippen molar-refractivity contribution in [2.45, 2.75) is 33.2 Å². The Morgan fingerprint density at radius 2 is 2.11 bits per heavy atom. The van der Waals surface area contributed by atoms with Crippen LogP contribution in [0.1, 0.15) is 23.9 Å². The van der Waals surface area contributed by atoms with Crippen molar-refractivity contribution in [2.24, 2.45) is 5.73 Å². The third-order valence-corrected chi connectivity index (χ3v) is 3.08. The van der Waals surface area contributed by atoms with E-state index in [1.807, 2.05) is 19.2 Å². The fraction of sp³-hybridized carbons (Fsp3) is 0.400. The molecule has 1 unspecified atom stereocenters. The van der Waals surface area contributed by atoms with Crippen LogP contribution in [-0.2, 0) is 6.42 Å². The first-order valence-electron chi connectivity index (χ1n) is 6.46. The Bertz CT molecular complexity index is 573. The first-order chi connectivity index (χ1) is 9.01. The number of rotatable bonds is 4. The second-order valence-corrected chi connectivity index (χ2v) is 5.08. The molecule has 1 aromatic carbocycles. The fourth-order valence-corrected chi connectivity index (χ4v) is 2.33. The molecule has 4 nitrogen and oxygen atoms in total. The summed E-state index contributed by atoms with van der Waals surface area (Å²) in [6, 6.07) is 4.28. The van der Waals surface area contributed by atoms with Crippen molar-refractivity contribution < 1.29 is 4.74 Å². The van der Waals surface area contributed by atoms with Gasteiger partial charge in [0.15, 0.2) is 0 Å². The SMILES string of the molecule is COc1cc(C)cc(C)c1-c1cnc(CC(C)N)[nH]1. The first kappa shape index (κ1) is 13.6. The highest BCUT2D eigenvalue weighted by molar-refractivity contribution is 5.71. The molecule has 0 aliphatic carbocycles. The molecule has 19 heavy (non-hydrogen) atoms. The zero-order valence-electron chi connectivity index (χ0n) is 11.9. The molecule has 0 aliphatic rings. The molecule has 4 heteroatoms. The predicted molar refractivity (Wildman–Crippen MR) is 77.4 cm³/mol. The van der Waals surface area contributed by atoms with Gasteiger partial charge < -0.3 is 15.5 Å². The molecule has 0 radical (unpaired) electrons.